The van der Waals surface area contributed by atoms with Gasteiger partial charge in [-0.25, -0.2) is 14.6 Å². The number of carbonyl (C=O) groups is 2. The van der Waals surface area contributed by atoms with Gasteiger partial charge in [0.25, 0.3) is 0 Å². The van der Waals surface area contributed by atoms with E-state index >= 15 is 0 Å². The molecule has 2 aliphatic heterocycles. The Labute approximate surface area is 133 Å². The average Bonchev–Trinajstić information content (AvgIpc) is 2.95. The first-order valence-electron chi connectivity index (χ1n) is 7.54. The highest BCUT2D eigenvalue weighted by Crippen LogP contribution is 2.40. The van der Waals surface area contributed by atoms with E-state index in [1.54, 1.807) is 11.8 Å². The molecule has 1 unspecified atom stereocenters. The molecule has 2 amide bonds. The highest BCUT2D eigenvalue weighted by molar-refractivity contribution is 5.96. The first kappa shape index (κ1) is 15.1. The number of carbonyl (C=O) groups excluding carboxylic acids is 2. The number of fused-ring (bicyclic) bond motifs is 3. The zero-order chi connectivity index (χ0) is 16.4. The van der Waals surface area contributed by atoms with Crippen molar-refractivity contribution in [1.29, 1.82) is 0 Å². The summed E-state index contributed by atoms with van der Waals surface area (Å²) in [5.74, 6) is 0. The van der Waals surface area contributed by atoms with E-state index in [-0.39, 0.29) is 12.6 Å². The monoisotopic (exact) mass is 318 g/mol. The number of hydrogen-bond donors (Lipinski definition) is 0. The normalized spacial score (nSPS) is 18.8. The smallest absolute Gasteiger partial charge is 0.433 e. The molecule has 8 nitrogen and oxygen atoms in total. The summed E-state index contributed by atoms with van der Waals surface area (Å²) in [5.41, 5.74) is 1.71. The summed E-state index contributed by atoms with van der Waals surface area (Å²) in [7, 11) is 0. The zero-order valence-electron chi connectivity index (χ0n) is 13.0. The average molecular weight is 318 g/mol. The molecule has 0 radical (unpaired) electrons. The summed E-state index contributed by atoms with van der Waals surface area (Å²) in [6.07, 6.45) is 0.693. The number of ether oxygens (including phenoxy) is 1. The third-order valence-corrected chi connectivity index (χ3v) is 3.56. The Balaban J connectivity index is 1.91. The molecule has 0 saturated heterocycles. The number of anilines is 1. The van der Waals surface area contributed by atoms with Gasteiger partial charge in [0, 0.05) is 12.1 Å². The molecule has 3 rings (SSSR count). The van der Waals surface area contributed by atoms with Crippen LogP contribution in [0.3, 0.4) is 0 Å². The van der Waals surface area contributed by atoms with E-state index in [4.69, 9.17) is 9.57 Å². The van der Waals surface area contributed by atoms with E-state index in [1.807, 2.05) is 31.2 Å². The predicted molar refractivity (Wildman–Crippen MR) is 82.5 cm³/mol. The minimum absolute atomic E-state index is 0.186. The van der Waals surface area contributed by atoms with Crippen molar-refractivity contribution in [2.75, 3.05) is 18.1 Å². The van der Waals surface area contributed by atoms with Gasteiger partial charge in [0.1, 0.15) is 6.34 Å². The molecule has 1 aromatic carbocycles. The molecule has 0 bridgehead atoms. The quantitative estimate of drug-likeness (QED) is 0.798. The lowest BCUT2D eigenvalue weighted by molar-refractivity contribution is -0.174. The summed E-state index contributed by atoms with van der Waals surface area (Å²) in [4.78, 5) is 35.3. The van der Waals surface area contributed by atoms with Crippen molar-refractivity contribution >= 4 is 24.2 Å². The fourth-order valence-electron chi connectivity index (χ4n) is 2.65. The van der Waals surface area contributed by atoms with Crippen LogP contribution in [0.25, 0.3) is 0 Å². The summed E-state index contributed by atoms with van der Waals surface area (Å²) < 4.78 is 4.75. The van der Waals surface area contributed by atoms with E-state index in [0.717, 1.165) is 22.8 Å². The number of hydroxylamine groups is 1. The summed E-state index contributed by atoms with van der Waals surface area (Å²) in [6, 6.07) is 7.28. The fraction of sp³-hybridized carbons (Fsp3) is 0.400. The first-order valence-corrected chi connectivity index (χ1v) is 7.54. The zero-order valence-corrected chi connectivity index (χ0v) is 13.0. The molecular weight excluding hydrogens is 300 g/mol. The highest BCUT2D eigenvalue weighted by atomic mass is 16.8. The van der Waals surface area contributed by atoms with Crippen molar-refractivity contribution in [2.24, 2.45) is 4.99 Å². The number of urea groups is 1. The van der Waals surface area contributed by atoms with Crippen LogP contribution < -0.4 is 4.90 Å². The standard InChI is InChI=1S/C15H18N4O4/c1-3-9-17-12-8-6-5-7-11(12)13-16-10-18(19(13)14(17)20)23-15(21)22-4-2/h5-8,10,13H,3-4,9H2,1-2H3. The number of para-hydroxylation sites is 1. The molecule has 1 aromatic rings. The maximum Gasteiger partial charge on any atom is 0.535 e. The Morgan fingerprint density at radius 1 is 1.30 bits per heavy atom. The second-order valence-corrected chi connectivity index (χ2v) is 5.05. The van der Waals surface area contributed by atoms with Crippen molar-refractivity contribution in [1.82, 2.24) is 10.2 Å². The van der Waals surface area contributed by atoms with Gasteiger partial charge in [-0.2, -0.15) is 5.01 Å². The maximum absolute atomic E-state index is 12.8. The van der Waals surface area contributed by atoms with Crippen LogP contribution in [0.2, 0.25) is 0 Å². The molecule has 1 atom stereocenters. The van der Waals surface area contributed by atoms with Crippen LogP contribution in [0, 0.1) is 0 Å². The van der Waals surface area contributed by atoms with Gasteiger partial charge in [0.05, 0.1) is 12.3 Å². The lowest BCUT2D eigenvalue weighted by Crippen LogP contribution is -2.54. The van der Waals surface area contributed by atoms with E-state index < -0.39 is 12.3 Å². The molecule has 23 heavy (non-hydrogen) atoms. The number of rotatable bonds is 4. The van der Waals surface area contributed by atoms with Crippen molar-refractivity contribution in [2.45, 2.75) is 26.4 Å². The van der Waals surface area contributed by atoms with Crippen molar-refractivity contribution < 1.29 is 19.2 Å². The van der Waals surface area contributed by atoms with E-state index in [0.29, 0.717) is 6.54 Å². The van der Waals surface area contributed by atoms with E-state index in [1.165, 1.54) is 11.3 Å². The number of aliphatic imine (C=N–C) groups is 1. The number of nitrogens with zero attached hydrogens (tertiary/aromatic N) is 4. The molecule has 2 heterocycles. The molecule has 0 spiro atoms. The minimum Gasteiger partial charge on any atom is -0.433 e. The van der Waals surface area contributed by atoms with Crippen LogP contribution in [0.1, 0.15) is 32.0 Å². The van der Waals surface area contributed by atoms with Gasteiger partial charge >= 0.3 is 12.2 Å². The fourth-order valence-corrected chi connectivity index (χ4v) is 2.65. The number of benzene rings is 1. The molecule has 0 aliphatic carbocycles. The lowest BCUT2D eigenvalue weighted by Gasteiger charge is -2.39. The van der Waals surface area contributed by atoms with Crippen molar-refractivity contribution in [3.63, 3.8) is 0 Å². The second kappa shape index (κ2) is 6.15. The van der Waals surface area contributed by atoms with Crippen LogP contribution in [0.15, 0.2) is 29.3 Å². The summed E-state index contributed by atoms with van der Waals surface area (Å²) >= 11 is 0. The molecule has 2 aliphatic rings. The summed E-state index contributed by atoms with van der Waals surface area (Å²) in [6.45, 7) is 4.42. The van der Waals surface area contributed by atoms with Gasteiger partial charge in [-0.1, -0.05) is 30.3 Å². The molecule has 0 N–H and O–H groups in total. The SMILES string of the molecule is CCCN1C(=O)N2C(N=CN2OC(=O)OCC)c2ccccc21. The van der Waals surface area contributed by atoms with Crippen LogP contribution in [0.5, 0.6) is 0 Å². The number of amides is 2. The molecule has 0 fully saturated rings. The van der Waals surface area contributed by atoms with E-state index in [2.05, 4.69) is 4.99 Å². The predicted octanol–water partition coefficient (Wildman–Crippen LogP) is 2.68. The first-order chi connectivity index (χ1) is 11.2. The van der Waals surface area contributed by atoms with Crippen LogP contribution >= 0.6 is 0 Å². The van der Waals surface area contributed by atoms with E-state index in [9.17, 15) is 9.59 Å². The Morgan fingerprint density at radius 2 is 2.09 bits per heavy atom. The maximum atomic E-state index is 12.8. The van der Waals surface area contributed by atoms with Crippen molar-refractivity contribution in [3.8, 4) is 0 Å². The summed E-state index contributed by atoms with van der Waals surface area (Å²) in [5, 5.41) is 2.33. The Bertz CT molecular complexity index is 648. The van der Waals surface area contributed by atoms with Crippen LogP contribution in [-0.2, 0) is 9.57 Å². The third kappa shape index (κ3) is 2.56. The minimum atomic E-state index is -0.881. The van der Waals surface area contributed by atoms with Crippen LogP contribution in [0.4, 0.5) is 15.3 Å². The van der Waals surface area contributed by atoms with Crippen LogP contribution in [-0.4, -0.2) is 41.9 Å². The number of hydrazine groups is 1. The molecule has 0 saturated carbocycles. The molecule has 8 heteroatoms. The highest BCUT2D eigenvalue weighted by Gasteiger charge is 2.44. The third-order valence-electron chi connectivity index (χ3n) is 3.56. The number of hydrogen-bond acceptors (Lipinski definition) is 6. The lowest BCUT2D eigenvalue weighted by atomic mass is 10.1. The van der Waals surface area contributed by atoms with Gasteiger partial charge in [-0.15, -0.1) is 0 Å². The topological polar surface area (TPSA) is 74.7 Å². The largest absolute Gasteiger partial charge is 0.535 e. The Morgan fingerprint density at radius 3 is 2.83 bits per heavy atom. The molecular formula is C15H18N4O4. The van der Waals surface area contributed by atoms with Gasteiger partial charge in [0.2, 0.25) is 0 Å². The molecule has 122 valence electrons. The van der Waals surface area contributed by atoms with Crippen molar-refractivity contribution in [3.05, 3.63) is 29.8 Å². The van der Waals surface area contributed by atoms with Gasteiger partial charge in [0.15, 0.2) is 6.17 Å². The Hall–Kier alpha value is -2.77. The molecule has 0 aromatic heterocycles. The van der Waals surface area contributed by atoms with Gasteiger partial charge in [-0.05, 0) is 19.4 Å². The van der Waals surface area contributed by atoms with Gasteiger partial charge in [-0.3, -0.25) is 9.74 Å². The Kier molecular flexibility index (Phi) is 4.05. The van der Waals surface area contributed by atoms with Gasteiger partial charge < -0.3 is 4.74 Å². The second-order valence-electron chi connectivity index (χ2n) is 5.05.